The number of aromatic nitrogens is 2. The van der Waals surface area contributed by atoms with Crippen LogP contribution in [0.4, 0.5) is 0 Å². The summed E-state index contributed by atoms with van der Waals surface area (Å²) >= 11 is 0. The highest BCUT2D eigenvalue weighted by molar-refractivity contribution is 4.87. The maximum Gasteiger partial charge on any atom is 0.240 e. The summed E-state index contributed by atoms with van der Waals surface area (Å²) in [5.74, 6) is 1.54. The quantitative estimate of drug-likeness (QED) is 0.811. The second kappa shape index (κ2) is 7.57. The Labute approximate surface area is 114 Å². The van der Waals surface area contributed by atoms with Gasteiger partial charge in [0, 0.05) is 26.1 Å². The molecule has 0 bridgehead atoms. The fourth-order valence-electron chi connectivity index (χ4n) is 2.42. The third-order valence-electron chi connectivity index (χ3n) is 3.44. The van der Waals surface area contributed by atoms with Gasteiger partial charge in [0.15, 0.2) is 5.82 Å². The first-order valence-corrected chi connectivity index (χ1v) is 7.19. The summed E-state index contributed by atoms with van der Waals surface area (Å²) in [6.45, 7) is 7.96. The van der Waals surface area contributed by atoms with Gasteiger partial charge in [-0.2, -0.15) is 4.98 Å². The molecule has 0 spiro atoms. The van der Waals surface area contributed by atoms with Gasteiger partial charge in [0.1, 0.15) is 0 Å². The predicted octanol–water partition coefficient (Wildman–Crippen LogP) is 0.522. The van der Waals surface area contributed by atoms with Crippen molar-refractivity contribution in [3.05, 3.63) is 11.7 Å². The van der Waals surface area contributed by atoms with Crippen molar-refractivity contribution in [1.82, 2.24) is 19.9 Å². The average molecular weight is 268 g/mol. The van der Waals surface area contributed by atoms with Crippen LogP contribution in [0.1, 0.15) is 31.5 Å². The average Bonchev–Trinajstić information content (AvgIpc) is 2.71. The Hall–Kier alpha value is -0.980. The minimum absolute atomic E-state index is 0.240. The third kappa shape index (κ3) is 4.56. The van der Waals surface area contributed by atoms with Gasteiger partial charge in [0.2, 0.25) is 5.89 Å². The topological polar surface area (TPSA) is 65.6 Å². The van der Waals surface area contributed by atoms with Gasteiger partial charge in [0.25, 0.3) is 0 Å². The molecule has 0 amide bonds. The van der Waals surface area contributed by atoms with E-state index in [0.29, 0.717) is 0 Å². The van der Waals surface area contributed by atoms with Crippen molar-refractivity contribution in [3.8, 4) is 0 Å². The maximum atomic E-state index is 8.98. The molecule has 0 saturated carbocycles. The molecule has 0 aromatic carbocycles. The lowest BCUT2D eigenvalue weighted by molar-refractivity contribution is 0.191. The molecular formula is C13H24N4O2. The normalized spacial score (nSPS) is 18.6. The van der Waals surface area contributed by atoms with Crippen LogP contribution < -0.4 is 0 Å². The van der Waals surface area contributed by atoms with E-state index in [-0.39, 0.29) is 6.61 Å². The minimum Gasteiger partial charge on any atom is -0.395 e. The zero-order valence-electron chi connectivity index (χ0n) is 11.7. The summed E-state index contributed by atoms with van der Waals surface area (Å²) in [5.41, 5.74) is 0. The Morgan fingerprint density at radius 3 is 2.79 bits per heavy atom. The van der Waals surface area contributed by atoms with Crippen LogP contribution in [0.5, 0.6) is 0 Å². The molecule has 108 valence electrons. The van der Waals surface area contributed by atoms with E-state index in [1.54, 1.807) is 0 Å². The molecule has 0 aliphatic carbocycles. The van der Waals surface area contributed by atoms with E-state index in [9.17, 15) is 0 Å². The molecule has 0 atom stereocenters. The zero-order chi connectivity index (χ0) is 13.5. The lowest BCUT2D eigenvalue weighted by Crippen LogP contribution is -2.32. The summed E-state index contributed by atoms with van der Waals surface area (Å²) in [6, 6.07) is 0. The fraction of sp³-hybridized carbons (Fsp3) is 0.846. The lowest BCUT2D eigenvalue weighted by atomic mass is 10.3. The monoisotopic (exact) mass is 268 g/mol. The summed E-state index contributed by atoms with van der Waals surface area (Å²) in [5, 5.41) is 13.0. The molecule has 1 aliphatic heterocycles. The highest BCUT2D eigenvalue weighted by Crippen LogP contribution is 2.08. The maximum absolute atomic E-state index is 8.98. The molecule has 0 unspecified atom stereocenters. The van der Waals surface area contributed by atoms with Gasteiger partial charge in [-0.05, 0) is 25.9 Å². The Morgan fingerprint density at radius 2 is 2.00 bits per heavy atom. The number of aliphatic hydroxyl groups excluding tert-OH is 1. The molecule has 1 aromatic heterocycles. The van der Waals surface area contributed by atoms with Gasteiger partial charge in [-0.3, -0.25) is 9.80 Å². The third-order valence-corrected chi connectivity index (χ3v) is 3.44. The SMILES string of the molecule is CCCc1noc(CN2CCCN(CCO)CC2)n1. The molecule has 0 radical (unpaired) electrons. The predicted molar refractivity (Wildman–Crippen MR) is 71.7 cm³/mol. The van der Waals surface area contributed by atoms with Crippen LogP contribution in [0, 0.1) is 0 Å². The molecule has 1 aliphatic rings. The van der Waals surface area contributed by atoms with Crippen molar-refractivity contribution < 1.29 is 9.63 Å². The minimum atomic E-state index is 0.240. The smallest absolute Gasteiger partial charge is 0.240 e. The molecule has 6 heteroatoms. The standard InChI is InChI=1S/C13H24N4O2/c1-2-4-12-14-13(19-15-12)11-17-6-3-5-16(7-8-17)9-10-18/h18H,2-11H2,1H3. The van der Waals surface area contributed by atoms with Crippen molar-refractivity contribution in [1.29, 1.82) is 0 Å². The van der Waals surface area contributed by atoms with Crippen molar-refractivity contribution in [3.63, 3.8) is 0 Å². The van der Waals surface area contributed by atoms with E-state index in [4.69, 9.17) is 9.63 Å². The Bertz CT molecular complexity index is 369. The summed E-state index contributed by atoms with van der Waals surface area (Å²) in [7, 11) is 0. The number of aliphatic hydroxyl groups is 1. The number of rotatable bonds is 6. The lowest BCUT2D eigenvalue weighted by Gasteiger charge is -2.19. The number of aryl methyl sites for hydroxylation is 1. The molecule has 1 N–H and O–H groups in total. The van der Waals surface area contributed by atoms with Crippen LogP contribution in [-0.2, 0) is 13.0 Å². The van der Waals surface area contributed by atoms with E-state index in [0.717, 1.165) is 70.2 Å². The Morgan fingerprint density at radius 1 is 1.21 bits per heavy atom. The van der Waals surface area contributed by atoms with Gasteiger partial charge in [0.05, 0.1) is 13.2 Å². The van der Waals surface area contributed by atoms with E-state index in [2.05, 4.69) is 26.9 Å². The van der Waals surface area contributed by atoms with Gasteiger partial charge in [-0.25, -0.2) is 0 Å². The van der Waals surface area contributed by atoms with Crippen molar-refractivity contribution in [2.45, 2.75) is 32.7 Å². The Kier molecular flexibility index (Phi) is 5.75. The van der Waals surface area contributed by atoms with Crippen LogP contribution in [0.2, 0.25) is 0 Å². The highest BCUT2D eigenvalue weighted by Gasteiger charge is 2.16. The van der Waals surface area contributed by atoms with Crippen LogP contribution in [-0.4, -0.2) is 64.4 Å². The first-order valence-electron chi connectivity index (χ1n) is 7.19. The van der Waals surface area contributed by atoms with Gasteiger partial charge in [-0.1, -0.05) is 12.1 Å². The fourth-order valence-corrected chi connectivity index (χ4v) is 2.42. The first-order chi connectivity index (χ1) is 9.31. The van der Waals surface area contributed by atoms with Crippen molar-refractivity contribution in [2.75, 3.05) is 39.3 Å². The van der Waals surface area contributed by atoms with Gasteiger partial charge < -0.3 is 9.63 Å². The van der Waals surface area contributed by atoms with Crippen LogP contribution in [0.3, 0.4) is 0 Å². The highest BCUT2D eigenvalue weighted by atomic mass is 16.5. The van der Waals surface area contributed by atoms with E-state index < -0.39 is 0 Å². The second-order valence-corrected chi connectivity index (χ2v) is 5.05. The molecular weight excluding hydrogens is 244 g/mol. The van der Waals surface area contributed by atoms with Crippen molar-refractivity contribution >= 4 is 0 Å². The Balaban J connectivity index is 1.81. The van der Waals surface area contributed by atoms with Crippen LogP contribution in [0.25, 0.3) is 0 Å². The largest absolute Gasteiger partial charge is 0.395 e. The number of β-amino-alcohol motifs (C(OH)–C–C–N with tert-alkyl or cyclic N) is 1. The zero-order valence-corrected chi connectivity index (χ0v) is 11.7. The van der Waals surface area contributed by atoms with E-state index >= 15 is 0 Å². The molecule has 6 nitrogen and oxygen atoms in total. The summed E-state index contributed by atoms with van der Waals surface area (Å²) < 4.78 is 5.28. The van der Waals surface area contributed by atoms with Gasteiger partial charge >= 0.3 is 0 Å². The molecule has 1 aromatic rings. The van der Waals surface area contributed by atoms with Crippen molar-refractivity contribution in [2.24, 2.45) is 0 Å². The number of hydrogen-bond acceptors (Lipinski definition) is 6. The molecule has 2 rings (SSSR count). The molecule has 1 fully saturated rings. The summed E-state index contributed by atoms with van der Waals surface area (Å²) in [6.07, 6.45) is 3.04. The van der Waals surface area contributed by atoms with E-state index in [1.165, 1.54) is 0 Å². The van der Waals surface area contributed by atoms with Gasteiger partial charge in [-0.15, -0.1) is 0 Å². The first kappa shape index (κ1) is 14.4. The molecule has 1 saturated heterocycles. The van der Waals surface area contributed by atoms with E-state index in [1.807, 2.05) is 0 Å². The number of hydrogen-bond donors (Lipinski definition) is 1. The second-order valence-electron chi connectivity index (χ2n) is 5.05. The van der Waals surface area contributed by atoms with Crippen LogP contribution >= 0.6 is 0 Å². The molecule has 19 heavy (non-hydrogen) atoms. The number of nitrogens with zero attached hydrogens (tertiary/aromatic N) is 4. The summed E-state index contributed by atoms with van der Waals surface area (Å²) in [4.78, 5) is 9.06. The molecule has 2 heterocycles. The van der Waals surface area contributed by atoms with Crippen LogP contribution in [0.15, 0.2) is 4.52 Å².